The van der Waals surface area contributed by atoms with Gasteiger partial charge in [0.1, 0.15) is 5.60 Å². The van der Waals surface area contributed by atoms with Crippen LogP contribution in [0.3, 0.4) is 0 Å². The van der Waals surface area contributed by atoms with Crippen LogP contribution >= 0.6 is 0 Å². The molecule has 0 aromatic rings. The topological polar surface area (TPSA) is 29.5 Å². The van der Waals surface area contributed by atoms with Gasteiger partial charge in [0.05, 0.1) is 0 Å². The lowest BCUT2D eigenvalue weighted by molar-refractivity contribution is -0.0000287. The van der Waals surface area contributed by atoms with Gasteiger partial charge >= 0.3 is 6.09 Å². The van der Waals surface area contributed by atoms with Crippen LogP contribution < -0.4 is 0 Å². The summed E-state index contributed by atoms with van der Waals surface area (Å²) in [6, 6.07) is 0.618. The molecule has 3 heteroatoms. The number of likely N-dealkylation sites (tertiary alicyclic amines) is 1. The van der Waals surface area contributed by atoms with E-state index in [1.165, 1.54) is 6.42 Å². The molecule has 0 aromatic carbocycles. The second-order valence-electron chi connectivity index (χ2n) is 5.52. The monoisotopic (exact) mass is 213 g/mol. The third-order valence-electron chi connectivity index (χ3n) is 2.80. The van der Waals surface area contributed by atoms with E-state index >= 15 is 0 Å². The number of rotatable bonds is 0. The molecule has 15 heavy (non-hydrogen) atoms. The van der Waals surface area contributed by atoms with Crippen LogP contribution in [0.25, 0.3) is 0 Å². The summed E-state index contributed by atoms with van der Waals surface area (Å²) in [5.41, 5.74) is -0.395. The fourth-order valence-electron chi connectivity index (χ4n) is 2.10. The van der Waals surface area contributed by atoms with Crippen molar-refractivity contribution in [3.05, 3.63) is 0 Å². The summed E-state index contributed by atoms with van der Waals surface area (Å²) in [5.74, 6) is 0. The quantitative estimate of drug-likeness (QED) is 0.618. The van der Waals surface area contributed by atoms with Gasteiger partial charge in [0.15, 0.2) is 0 Å². The average Bonchev–Trinajstić information content (AvgIpc) is 1.99. The van der Waals surface area contributed by atoms with E-state index in [0.29, 0.717) is 12.1 Å². The molecule has 1 aliphatic heterocycles. The second kappa shape index (κ2) is 4.42. The highest BCUT2D eigenvalue weighted by Gasteiger charge is 2.32. The van der Waals surface area contributed by atoms with Crippen LogP contribution in [0.2, 0.25) is 0 Å². The fraction of sp³-hybridized carbons (Fsp3) is 0.917. The molecule has 0 spiro atoms. The van der Waals surface area contributed by atoms with E-state index < -0.39 is 5.60 Å². The van der Waals surface area contributed by atoms with Crippen molar-refractivity contribution < 1.29 is 9.53 Å². The van der Waals surface area contributed by atoms with Gasteiger partial charge in [-0.25, -0.2) is 4.79 Å². The standard InChI is InChI=1S/C12H23NO2/c1-9-7-6-8-10(2)13(9)11(14)15-12(3,4)5/h9-10H,6-8H2,1-5H3/t9-,10?/m1/s1. The molecule has 1 fully saturated rings. The van der Waals surface area contributed by atoms with Gasteiger partial charge in [-0.3, -0.25) is 0 Å². The summed E-state index contributed by atoms with van der Waals surface area (Å²) in [7, 11) is 0. The van der Waals surface area contributed by atoms with Crippen molar-refractivity contribution in [2.75, 3.05) is 0 Å². The predicted molar refractivity (Wildman–Crippen MR) is 60.8 cm³/mol. The summed E-state index contributed by atoms with van der Waals surface area (Å²) >= 11 is 0. The van der Waals surface area contributed by atoms with Crippen LogP contribution in [0.1, 0.15) is 53.9 Å². The lowest BCUT2D eigenvalue weighted by Crippen LogP contribution is -2.49. The van der Waals surface area contributed by atoms with Gasteiger partial charge in [-0.15, -0.1) is 0 Å². The van der Waals surface area contributed by atoms with E-state index in [0.717, 1.165) is 12.8 Å². The number of hydrogen-bond acceptors (Lipinski definition) is 2. The normalized spacial score (nSPS) is 27.7. The van der Waals surface area contributed by atoms with Crippen LogP contribution in [0, 0.1) is 0 Å². The van der Waals surface area contributed by atoms with Gasteiger partial charge in [0.25, 0.3) is 0 Å². The summed E-state index contributed by atoms with van der Waals surface area (Å²) in [6.45, 7) is 9.91. The number of carbonyl (C=O) groups excluding carboxylic acids is 1. The Morgan fingerprint density at radius 1 is 1.20 bits per heavy atom. The molecule has 0 aliphatic carbocycles. The van der Waals surface area contributed by atoms with E-state index in [2.05, 4.69) is 13.8 Å². The van der Waals surface area contributed by atoms with Crippen molar-refractivity contribution >= 4 is 6.09 Å². The van der Waals surface area contributed by atoms with Crippen LogP contribution in [0.4, 0.5) is 4.79 Å². The van der Waals surface area contributed by atoms with Crippen molar-refractivity contribution in [3.63, 3.8) is 0 Å². The van der Waals surface area contributed by atoms with Crippen molar-refractivity contribution in [2.45, 2.75) is 71.6 Å². The van der Waals surface area contributed by atoms with Gasteiger partial charge in [-0.05, 0) is 53.9 Å². The lowest BCUT2D eigenvalue weighted by atomic mass is 9.98. The minimum Gasteiger partial charge on any atom is -0.444 e. The van der Waals surface area contributed by atoms with Crippen molar-refractivity contribution in [1.82, 2.24) is 4.90 Å². The number of hydrogen-bond donors (Lipinski definition) is 0. The molecule has 1 unspecified atom stereocenters. The van der Waals surface area contributed by atoms with Crippen molar-refractivity contribution in [3.8, 4) is 0 Å². The third kappa shape index (κ3) is 3.40. The molecule has 0 radical (unpaired) electrons. The number of amides is 1. The van der Waals surface area contributed by atoms with Gasteiger partial charge in [0, 0.05) is 12.1 Å². The number of ether oxygens (including phenoxy) is 1. The van der Waals surface area contributed by atoms with Crippen LogP contribution in [-0.4, -0.2) is 28.7 Å². The lowest BCUT2D eigenvalue weighted by Gasteiger charge is -2.39. The molecule has 0 saturated carbocycles. The maximum absolute atomic E-state index is 11.9. The van der Waals surface area contributed by atoms with E-state index in [1.54, 1.807) is 0 Å². The first-order valence-electron chi connectivity index (χ1n) is 5.82. The van der Waals surface area contributed by atoms with Crippen LogP contribution in [-0.2, 0) is 4.74 Å². The van der Waals surface area contributed by atoms with E-state index in [9.17, 15) is 4.79 Å². The first-order valence-corrected chi connectivity index (χ1v) is 5.82. The minimum absolute atomic E-state index is 0.165. The molecule has 1 aliphatic rings. The van der Waals surface area contributed by atoms with Gasteiger partial charge < -0.3 is 9.64 Å². The van der Waals surface area contributed by atoms with Gasteiger partial charge in [-0.1, -0.05) is 0 Å². The van der Waals surface area contributed by atoms with Crippen molar-refractivity contribution in [1.29, 1.82) is 0 Å². The molecule has 0 aromatic heterocycles. The smallest absolute Gasteiger partial charge is 0.410 e. The Hall–Kier alpha value is -0.730. The summed E-state index contributed by atoms with van der Waals surface area (Å²) < 4.78 is 5.40. The molecule has 0 N–H and O–H groups in total. The Kier molecular flexibility index (Phi) is 3.63. The first kappa shape index (κ1) is 12.3. The Labute approximate surface area is 92.8 Å². The molecule has 3 nitrogen and oxygen atoms in total. The maximum atomic E-state index is 11.9. The number of piperidine rings is 1. The zero-order chi connectivity index (χ0) is 11.6. The highest BCUT2D eigenvalue weighted by Crippen LogP contribution is 2.24. The maximum Gasteiger partial charge on any atom is 0.410 e. The fourth-order valence-corrected chi connectivity index (χ4v) is 2.10. The van der Waals surface area contributed by atoms with Gasteiger partial charge in [0.2, 0.25) is 0 Å². The number of carbonyl (C=O) groups is 1. The highest BCUT2D eigenvalue weighted by atomic mass is 16.6. The summed E-state index contributed by atoms with van der Waals surface area (Å²) in [6.07, 6.45) is 3.22. The summed E-state index contributed by atoms with van der Waals surface area (Å²) in [4.78, 5) is 13.8. The number of nitrogens with zero attached hydrogens (tertiary/aromatic N) is 1. The molecule has 1 saturated heterocycles. The first-order chi connectivity index (χ1) is 6.81. The Bertz CT molecular complexity index is 222. The van der Waals surface area contributed by atoms with Crippen molar-refractivity contribution in [2.24, 2.45) is 0 Å². The second-order valence-corrected chi connectivity index (χ2v) is 5.52. The molecule has 0 bridgehead atoms. The molecule has 2 atom stereocenters. The largest absolute Gasteiger partial charge is 0.444 e. The van der Waals surface area contributed by atoms with E-state index in [4.69, 9.17) is 4.74 Å². The molecule has 1 amide bonds. The van der Waals surface area contributed by atoms with Gasteiger partial charge in [-0.2, -0.15) is 0 Å². The SMILES string of the molecule is CC1CCC[C@@H](C)N1C(=O)OC(C)(C)C. The molecule has 1 rings (SSSR count). The predicted octanol–water partition coefficient (Wildman–Crippen LogP) is 3.18. The molecular formula is C12H23NO2. The van der Waals surface area contributed by atoms with Crippen LogP contribution in [0.5, 0.6) is 0 Å². The molecular weight excluding hydrogens is 190 g/mol. The van der Waals surface area contributed by atoms with Crippen LogP contribution in [0.15, 0.2) is 0 Å². The Morgan fingerprint density at radius 3 is 2.07 bits per heavy atom. The minimum atomic E-state index is -0.395. The van der Waals surface area contributed by atoms with E-state index in [1.807, 2.05) is 25.7 Å². The molecule has 88 valence electrons. The van der Waals surface area contributed by atoms with E-state index in [-0.39, 0.29) is 6.09 Å². The highest BCUT2D eigenvalue weighted by molar-refractivity contribution is 5.69. The zero-order valence-corrected chi connectivity index (χ0v) is 10.5. The summed E-state index contributed by atoms with van der Waals surface area (Å²) in [5, 5.41) is 0. The average molecular weight is 213 g/mol. The Balaban J connectivity index is 2.64. The Morgan fingerprint density at radius 2 is 1.67 bits per heavy atom. The zero-order valence-electron chi connectivity index (χ0n) is 10.5. The third-order valence-corrected chi connectivity index (χ3v) is 2.80. The molecule has 1 heterocycles.